The Morgan fingerprint density at radius 3 is 2.76 bits per heavy atom. The molecule has 0 atom stereocenters. The summed E-state index contributed by atoms with van der Waals surface area (Å²) in [4.78, 5) is 12.0. The summed E-state index contributed by atoms with van der Waals surface area (Å²) in [6, 6.07) is 3.77. The molecule has 17 heavy (non-hydrogen) atoms. The molecule has 1 aliphatic heterocycles. The minimum atomic E-state index is -0.326. The Bertz CT molecular complexity index is 458. The van der Waals surface area contributed by atoms with Crippen molar-refractivity contribution in [1.82, 2.24) is 0 Å². The predicted molar refractivity (Wildman–Crippen MR) is 68.8 cm³/mol. The number of rotatable bonds is 2. The van der Waals surface area contributed by atoms with Crippen molar-refractivity contribution in [3.63, 3.8) is 0 Å². The Morgan fingerprint density at radius 1 is 1.41 bits per heavy atom. The van der Waals surface area contributed by atoms with Crippen LogP contribution in [0.2, 0.25) is 5.02 Å². The lowest BCUT2D eigenvalue weighted by Crippen LogP contribution is -2.22. The highest BCUT2D eigenvalue weighted by Gasteiger charge is 2.25. The standard InChI is InChI=1S/C14H17ClO2/c1-14(2,3)12(16)8-10-7-11(15)6-9-4-5-17-13(9)10/h6-7H,4-5,8H2,1-3H3. The van der Waals surface area contributed by atoms with Gasteiger partial charge in [0.15, 0.2) is 0 Å². The van der Waals surface area contributed by atoms with E-state index in [4.69, 9.17) is 16.3 Å². The van der Waals surface area contributed by atoms with Gasteiger partial charge in [-0.25, -0.2) is 0 Å². The molecular weight excluding hydrogens is 236 g/mol. The Labute approximate surface area is 107 Å². The van der Waals surface area contributed by atoms with Crippen molar-refractivity contribution in [1.29, 1.82) is 0 Å². The van der Waals surface area contributed by atoms with Crippen LogP contribution in [0.5, 0.6) is 5.75 Å². The molecule has 2 rings (SSSR count). The molecule has 1 aromatic carbocycles. The first-order valence-corrected chi connectivity index (χ1v) is 6.23. The van der Waals surface area contributed by atoms with Gasteiger partial charge in [-0.2, -0.15) is 0 Å². The molecule has 1 aromatic rings. The number of hydrogen-bond acceptors (Lipinski definition) is 2. The molecule has 1 heterocycles. The Balaban J connectivity index is 2.31. The van der Waals surface area contributed by atoms with Crippen molar-refractivity contribution < 1.29 is 9.53 Å². The number of halogens is 1. The maximum Gasteiger partial charge on any atom is 0.142 e. The van der Waals surface area contributed by atoms with Crippen molar-refractivity contribution in [3.05, 3.63) is 28.3 Å². The van der Waals surface area contributed by atoms with Crippen LogP contribution in [0, 0.1) is 5.41 Å². The molecule has 0 saturated carbocycles. The van der Waals surface area contributed by atoms with E-state index in [1.807, 2.05) is 32.9 Å². The Kier molecular flexibility index (Phi) is 3.17. The van der Waals surface area contributed by atoms with Gasteiger partial charge in [0.1, 0.15) is 11.5 Å². The number of ketones is 1. The highest BCUT2D eigenvalue weighted by Crippen LogP contribution is 2.34. The minimum absolute atomic E-state index is 0.206. The third kappa shape index (κ3) is 2.63. The van der Waals surface area contributed by atoms with Gasteiger partial charge in [0.05, 0.1) is 6.61 Å². The zero-order chi connectivity index (χ0) is 12.6. The number of fused-ring (bicyclic) bond motifs is 1. The summed E-state index contributed by atoms with van der Waals surface area (Å²) in [5.74, 6) is 1.07. The van der Waals surface area contributed by atoms with E-state index >= 15 is 0 Å². The molecule has 92 valence electrons. The third-order valence-corrected chi connectivity index (χ3v) is 3.23. The van der Waals surface area contributed by atoms with Crippen molar-refractivity contribution in [2.45, 2.75) is 33.6 Å². The summed E-state index contributed by atoms with van der Waals surface area (Å²) in [6.07, 6.45) is 1.28. The molecule has 0 fully saturated rings. The van der Waals surface area contributed by atoms with E-state index in [-0.39, 0.29) is 11.2 Å². The molecule has 0 aromatic heterocycles. The fourth-order valence-corrected chi connectivity index (χ4v) is 2.18. The lowest BCUT2D eigenvalue weighted by atomic mass is 9.86. The number of carbonyl (C=O) groups excluding carboxylic acids is 1. The summed E-state index contributed by atoms with van der Waals surface area (Å²) < 4.78 is 5.59. The molecule has 1 aliphatic rings. The fourth-order valence-electron chi connectivity index (χ4n) is 1.92. The highest BCUT2D eigenvalue weighted by molar-refractivity contribution is 6.30. The van der Waals surface area contributed by atoms with E-state index in [0.717, 1.165) is 23.3 Å². The summed E-state index contributed by atoms with van der Waals surface area (Å²) in [5.41, 5.74) is 1.72. The zero-order valence-electron chi connectivity index (χ0n) is 10.5. The summed E-state index contributed by atoms with van der Waals surface area (Å²) in [6.45, 7) is 6.48. The van der Waals surface area contributed by atoms with E-state index in [0.29, 0.717) is 18.1 Å². The van der Waals surface area contributed by atoms with Crippen LogP contribution < -0.4 is 4.74 Å². The van der Waals surface area contributed by atoms with Crippen LogP contribution >= 0.6 is 11.6 Å². The van der Waals surface area contributed by atoms with Crippen LogP contribution in [0.15, 0.2) is 12.1 Å². The fraction of sp³-hybridized carbons (Fsp3) is 0.500. The van der Waals surface area contributed by atoms with Crippen LogP contribution in [-0.4, -0.2) is 12.4 Å². The van der Waals surface area contributed by atoms with Crippen molar-refractivity contribution in [2.24, 2.45) is 5.41 Å². The molecule has 3 heteroatoms. The van der Waals surface area contributed by atoms with Crippen molar-refractivity contribution >= 4 is 17.4 Å². The monoisotopic (exact) mass is 252 g/mol. The van der Waals surface area contributed by atoms with Crippen LogP contribution in [-0.2, 0) is 17.6 Å². The number of ether oxygens (including phenoxy) is 1. The van der Waals surface area contributed by atoms with Crippen LogP contribution in [0.4, 0.5) is 0 Å². The highest BCUT2D eigenvalue weighted by atomic mass is 35.5. The summed E-state index contributed by atoms with van der Waals surface area (Å²) >= 11 is 6.06. The van der Waals surface area contributed by atoms with Crippen molar-refractivity contribution in [2.75, 3.05) is 6.61 Å². The lowest BCUT2D eigenvalue weighted by molar-refractivity contribution is -0.125. The van der Waals surface area contributed by atoms with Gasteiger partial charge in [0.25, 0.3) is 0 Å². The molecule has 0 aliphatic carbocycles. The number of hydrogen-bond donors (Lipinski definition) is 0. The second kappa shape index (κ2) is 4.34. The van der Waals surface area contributed by atoms with E-state index in [1.54, 1.807) is 0 Å². The number of benzene rings is 1. The van der Waals surface area contributed by atoms with Gasteiger partial charge in [-0.1, -0.05) is 32.4 Å². The minimum Gasteiger partial charge on any atom is -0.493 e. The van der Waals surface area contributed by atoms with Crippen molar-refractivity contribution in [3.8, 4) is 5.75 Å². The molecule has 0 N–H and O–H groups in total. The molecule has 0 amide bonds. The smallest absolute Gasteiger partial charge is 0.142 e. The van der Waals surface area contributed by atoms with Gasteiger partial charge >= 0.3 is 0 Å². The van der Waals surface area contributed by atoms with Gasteiger partial charge in [-0.15, -0.1) is 0 Å². The molecule has 2 nitrogen and oxygen atoms in total. The first-order chi connectivity index (χ1) is 7.88. The summed E-state index contributed by atoms with van der Waals surface area (Å²) in [7, 11) is 0. The normalized spacial score (nSPS) is 14.4. The van der Waals surface area contributed by atoms with Gasteiger partial charge < -0.3 is 4.74 Å². The third-order valence-electron chi connectivity index (χ3n) is 3.01. The Hall–Kier alpha value is -1.02. The quantitative estimate of drug-likeness (QED) is 0.806. The van der Waals surface area contributed by atoms with Crippen LogP contribution in [0.3, 0.4) is 0 Å². The second-order valence-electron chi connectivity index (χ2n) is 5.50. The molecule has 0 spiro atoms. The summed E-state index contributed by atoms with van der Waals surface area (Å²) in [5, 5.41) is 0.686. The first kappa shape index (κ1) is 12.4. The molecule has 0 unspecified atom stereocenters. The van der Waals surface area contributed by atoms with Crippen LogP contribution in [0.1, 0.15) is 31.9 Å². The largest absolute Gasteiger partial charge is 0.493 e. The van der Waals surface area contributed by atoms with Gasteiger partial charge in [-0.3, -0.25) is 4.79 Å². The predicted octanol–water partition coefficient (Wildman–Crippen LogP) is 3.43. The SMILES string of the molecule is CC(C)(C)C(=O)Cc1cc(Cl)cc2c1OCC2. The van der Waals surface area contributed by atoms with Crippen LogP contribution in [0.25, 0.3) is 0 Å². The average molecular weight is 253 g/mol. The number of Topliss-reactive ketones (excluding diaryl/α,β-unsaturated/α-hetero) is 1. The molecular formula is C14H17ClO2. The van der Waals surface area contributed by atoms with Gasteiger partial charge in [0, 0.05) is 28.8 Å². The topological polar surface area (TPSA) is 26.3 Å². The first-order valence-electron chi connectivity index (χ1n) is 5.85. The van der Waals surface area contributed by atoms with E-state index in [9.17, 15) is 4.79 Å². The molecule has 0 bridgehead atoms. The lowest BCUT2D eigenvalue weighted by Gasteiger charge is -2.17. The van der Waals surface area contributed by atoms with Gasteiger partial charge in [-0.05, 0) is 17.7 Å². The van der Waals surface area contributed by atoms with Gasteiger partial charge in [0.2, 0.25) is 0 Å². The van der Waals surface area contributed by atoms with E-state index in [2.05, 4.69) is 0 Å². The second-order valence-corrected chi connectivity index (χ2v) is 5.94. The maximum absolute atomic E-state index is 12.0. The maximum atomic E-state index is 12.0. The average Bonchev–Trinajstić information content (AvgIpc) is 2.63. The van der Waals surface area contributed by atoms with E-state index in [1.165, 1.54) is 0 Å². The zero-order valence-corrected chi connectivity index (χ0v) is 11.2. The Morgan fingerprint density at radius 2 is 2.12 bits per heavy atom. The molecule has 0 saturated heterocycles. The number of carbonyl (C=O) groups is 1. The van der Waals surface area contributed by atoms with E-state index < -0.39 is 0 Å². The molecule has 0 radical (unpaired) electrons.